The molecule has 2 N–H and O–H groups in total. The van der Waals surface area contributed by atoms with E-state index in [1.807, 2.05) is 18.2 Å². The van der Waals surface area contributed by atoms with E-state index in [0.717, 1.165) is 10.9 Å². The summed E-state index contributed by atoms with van der Waals surface area (Å²) in [6, 6.07) is 9.02. The average molecular weight is 317 g/mol. The van der Waals surface area contributed by atoms with Crippen molar-refractivity contribution in [3.63, 3.8) is 0 Å². The van der Waals surface area contributed by atoms with E-state index < -0.39 is 0 Å². The molecule has 6 heteroatoms. The zero-order valence-electron chi connectivity index (χ0n) is 9.72. The third kappa shape index (κ3) is 2.22. The number of pyridine rings is 1. The first-order chi connectivity index (χ1) is 9.25. The second kappa shape index (κ2) is 4.81. The normalized spacial score (nSPS) is 10.6. The summed E-state index contributed by atoms with van der Waals surface area (Å²) in [5.41, 5.74) is 2.08. The highest BCUT2D eigenvalue weighted by Gasteiger charge is 2.12. The third-order valence-electron chi connectivity index (χ3n) is 2.74. The molecule has 0 radical (unpaired) electrons. The van der Waals surface area contributed by atoms with Gasteiger partial charge in [-0.3, -0.25) is 9.89 Å². The number of carbonyl (C=O) groups excluding carboxylic acids is 1. The molecule has 0 aliphatic heterocycles. The Hall–Kier alpha value is -2.21. The topological polar surface area (TPSA) is 70.7 Å². The zero-order chi connectivity index (χ0) is 13.2. The number of hydrogen-bond donors (Lipinski definition) is 2. The average Bonchev–Trinajstić information content (AvgIpc) is 2.88. The van der Waals surface area contributed by atoms with Crippen molar-refractivity contribution in [1.29, 1.82) is 0 Å². The molecule has 1 amide bonds. The Morgan fingerprint density at radius 1 is 1.26 bits per heavy atom. The van der Waals surface area contributed by atoms with Gasteiger partial charge >= 0.3 is 0 Å². The molecule has 0 bridgehead atoms. The lowest BCUT2D eigenvalue weighted by atomic mass is 10.2. The fourth-order valence-electron chi connectivity index (χ4n) is 1.82. The monoisotopic (exact) mass is 316 g/mol. The Balaban J connectivity index is 1.95. The molecule has 0 saturated heterocycles. The smallest absolute Gasteiger partial charge is 0.258 e. The van der Waals surface area contributed by atoms with Crippen molar-refractivity contribution in [1.82, 2.24) is 15.2 Å². The quantitative estimate of drug-likeness (QED) is 0.714. The molecule has 0 aliphatic rings. The van der Waals surface area contributed by atoms with Crippen molar-refractivity contribution in [3.05, 3.63) is 52.9 Å². The minimum atomic E-state index is -0.214. The summed E-state index contributed by atoms with van der Waals surface area (Å²) in [6.07, 6.45) is 3.31. The summed E-state index contributed by atoms with van der Waals surface area (Å²) in [5.74, 6) is -0.214. The number of hydrogen-bond acceptors (Lipinski definition) is 3. The standard InChI is InChI=1S/C13H9BrN4O/c14-12-8(3-2-6-15-12)13(19)17-10-4-1-5-11-9(10)7-16-18-11/h1-7H,(H,16,18)(H,17,19). The van der Waals surface area contributed by atoms with Crippen LogP contribution in [0.2, 0.25) is 0 Å². The highest BCUT2D eigenvalue weighted by molar-refractivity contribution is 9.10. The number of benzene rings is 1. The van der Waals surface area contributed by atoms with Gasteiger partial charge in [0.25, 0.3) is 5.91 Å². The number of anilines is 1. The lowest BCUT2D eigenvalue weighted by Crippen LogP contribution is -2.13. The van der Waals surface area contributed by atoms with E-state index >= 15 is 0 Å². The second-order valence-corrected chi connectivity index (χ2v) is 4.68. The van der Waals surface area contributed by atoms with E-state index in [2.05, 4.69) is 36.4 Å². The van der Waals surface area contributed by atoms with Gasteiger partial charge in [-0.15, -0.1) is 0 Å². The third-order valence-corrected chi connectivity index (χ3v) is 3.37. The molecule has 5 nitrogen and oxygen atoms in total. The van der Waals surface area contributed by atoms with Gasteiger partial charge in [0.15, 0.2) is 0 Å². The molecular formula is C13H9BrN4O. The molecule has 3 aromatic rings. The summed E-state index contributed by atoms with van der Waals surface area (Å²) >= 11 is 3.26. The number of H-pyrrole nitrogens is 1. The van der Waals surface area contributed by atoms with Gasteiger partial charge in [-0.2, -0.15) is 5.10 Å². The molecule has 0 unspecified atom stereocenters. The van der Waals surface area contributed by atoms with E-state index in [4.69, 9.17) is 0 Å². The van der Waals surface area contributed by atoms with Gasteiger partial charge in [0.2, 0.25) is 0 Å². The Morgan fingerprint density at radius 2 is 2.16 bits per heavy atom. The molecule has 3 rings (SSSR count). The van der Waals surface area contributed by atoms with Crippen LogP contribution in [0, 0.1) is 0 Å². The fourth-order valence-corrected chi connectivity index (χ4v) is 2.25. The minimum absolute atomic E-state index is 0.214. The van der Waals surface area contributed by atoms with Crippen LogP contribution in [0.5, 0.6) is 0 Å². The van der Waals surface area contributed by atoms with Crippen molar-refractivity contribution >= 4 is 38.4 Å². The fraction of sp³-hybridized carbons (Fsp3) is 0. The van der Waals surface area contributed by atoms with Crippen LogP contribution >= 0.6 is 15.9 Å². The van der Waals surface area contributed by atoms with Crippen molar-refractivity contribution in [2.24, 2.45) is 0 Å². The summed E-state index contributed by atoms with van der Waals surface area (Å²) in [5, 5.41) is 10.6. The molecule has 0 spiro atoms. The van der Waals surface area contributed by atoms with Crippen molar-refractivity contribution in [2.45, 2.75) is 0 Å². The van der Waals surface area contributed by atoms with Crippen LogP contribution in [0.4, 0.5) is 5.69 Å². The first-order valence-corrected chi connectivity index (χ1v) is 6.39. The lowest BCUT2D eigenvalue weighted by Gasteiger charge is -2.07. The predicted molar refractivity (Wildman–Crippen MR) is 76.0 cm³/mol. The van der Waals surface area contributed by atoms with E-state index in [9.17, 15) is 4.79 Å². The molecule has 2 heterocycles. The van der Waals surface area contributed by atoms with Gasteiger partial charge in [0, 0.05) is 11.6 Å². The van der Waals surface area contributed by atoms with Crippen molar-refractivity contribution < 1.29 is 4.79 Å². The molecule has 19 heavy (non-hydrogen) atoms. The number of aromatic amines is 1. The van der Waals surface area contributed by atoms with Crippen LogP contribution < -0.4 is 5.32 Å². The van der Waals surface area contributed by atoms with E-state index in [1.165, 1.54) is 0 Å². The van der Waals surface area contributed by atoms with Gasteiger partial charge in [-0.25, -0.2) is 4.98 Å². The summed E-state index contributed by atoms with van der Waals surface area (Å²) in [7, 11) is 0. The van der Waals surface area contributed by atoms with Crippen LogP contribution in [0.1, 0.15) is 10.4 Å². The number of nitrogens with one attached hydrogen (secondary N) is 2. The first-order valence-electron chi connectivity index (χ1n) is 5.59. The Morgan fingerprint density at radius 3 is 3.00 bits per heavy atom. The zero-order valence-corrected chi connectivity index (χ0v) is 11.3. The molecule has 0 fully saturated rings. The van der Waals surface area contributed by atoms with Crippen molar-refractivity contribution in [3.8, 4) is 0 Å². The minimum Gasteiger partial charge on any atom is -0.321 e. The molecular weight excluding hydrogens is 308 g/mol. The van der Waals surface area contributed by atoms with E-state index in [-0.39, 0.29) is 5.91 Å². The molecule has 0 aliphatic carbocycles. The van der Waals surface area contributed by atoms with Gasteiger partial charge in [0.1, 0.15) is 4.60 Å². The van der Waals surface area contributed by atoms with Crippen LogP contribution in [0.25, 0.3) is 10.9 Å². The molecule has 2 aromatic heterocycles. The van der Waals surface area contributed by atoms with Gasteiger partial charge < -0.3 is 5.32 Å². The number of carbonyl (C=O) groups is 1. The summed E-state index contributed by atoms with van der Waals surface area (Å²) in [4.78, 5) is 16.2. The number of amides is 1. The highest BCUT2D eigenvalue weighted by atomic mass is 79.9. The van der Waals surface area contributed by atoms with E-state index in [1.54, 1.807) is 24.5 Å². The Bertz CT molecular complexity index is 753. The number of halogens is 1. The van der Waals surface area contributed by atoms with Crippen LogP contribution in [0.15, 0.2) is 47.3 Å². The molecule has 94 valence electrons. The number of rotatable bonds is 2. The maximum absolute atomic E-state index is 12.2. The molecule has 1 aromatic carbocycles. The van der Waals surface area contributed by atoms with Gasteiger partial charge in [0.05, 0.1) is 23.0 Å². The maximum Gasteiger partial charge on any atom is 0.258 e. The van der Waals surface area contributed by atoms with Gasteiger partial charge in [-0.1, -0.05) is 6.07 Å². The summed E-state index contributed by atoms with van der Waals surface area (Å²) in [6.45, 7) is 0. The summed E-state index contributed by atoms with van der Waals surface area (Å²) < 4.78 is 0.520. The van der Waals surface area contributed by atoms with Crippen LogP contribution in [-0.4, -0.2) is 21.1 Å². The molecule has 0 atom stereocenters. The number of nitrogens with zero attached hydrogens (tertiary/aromatic N) is 2. The molecule has 0 saturated carbocycles. The predicted octanol–water partition coefficient (Wildman–Crippen LogP) is 2.97. The largest absolute Gasteiger partial charge is 0.321 e. The number of aromatic nitrogens is 3. The lowest BCUT2D eigenvalue weighted by molar-refractivity contribution is 0.102. The van der Waals surface area contributed by atoms with Crippen molar-refractivity contribution in [2.75, 3.05) is 5.32 Å². The first kappa shape index (κ1) is 11.9. The maximum atomic E-state index is 12.2. The van der Waals surface area contributed by atoms with Crippen LogP contribution in [-0.2, 0) is 0 Å². The Labute approximate surface area is 117 Å². The van der Waals surface area contributed by atoms with E-state index in [0.29, 0.717) is 15.9 Å². The SMILES string of the molecule is O=C(Nc1cccc2[nH]ncc12)c1cccnc1Br. The highest BCUT2D eigenvalue weighted by Crippen LogP contribution is 2.22. The Kier molecular flexibility index (Phi) is 3.00. The van der Waals surface area contributed by atoms with Crippen LogP contribution in [0.3, 0.4) is 0 Å². The number of fused-ring (bicyclic) bond motifs is 1. The van der Waals surface area contributed by atoms with Gasteiger partial charge in [-0.05, 0) is 40.2 Å². The second-order valence-electron chi connectivity index (χ2n) is 3.93.